The van der Waals surface area contributed by atoms with Crippen molar-refractivity contribution in [2.24, 2.45) is 0 Å². The van der Waals surface area contributed by atoms with Crippen LogP contribution < -0.4 is 20.1 Å². The fourth-order valence-electron chi connectivity index (χ4n) is 2.59. The van der Waals surface area contributed by atoms with Gasteiger partial charge >= 0.3 is 0 Å². The molecule has 0 radical (unpaired) electrons. The second kappa shape index (κ2) is 8.50. The van der Waals surface area contributed by atoms with Crippen molar-refractivity contribution in [1.82, 2.24) is 10.6 Å². The molecule has 3 N–H and O–H groups in total. The highest BCUT2D eigenvalue weighted by Crippen LogP contribution is 2.32. The number of nitrogens with one attached hydrogen (secondary N) is 2. The Balaban J connectivity index is 1.51. The lowest BCUT2D eigenvalue weighted by Gasteiger charge is -2.16. The smallest absolute Gasteiger partial charge is 0.245 e. The van der Waals surface area contributed by atoms with Crippen molar-refractivity contribution in [1.29, 1.82) is 0 Å². The van der Waals surface area contributed by atoms with Crippen molar-refractivity contribution < 1.29 is 28.6 Å². The first kappa shape index (κ1) is 18.7. The summed E-state index contributed by atoms with van der Waals surface area (Å²) >= 11 is 0. The van der Waals surface area contributed by atoms with Gasteiger partial charge in [-0.3, -0.25) is 9.59 Å². The lowest BCUT2D eigenvalue weighted by molar-refractivity contribution is -0.129. The van der Waals surface area contributed by atoms with Crippen molar-refractivity contribution in [3.05, 3.63) is 59.4 Å². The minimum absolute atomic E-state index is 0.0262. The van der Waals surface area contributed by atoms with E-state index in [1.165, 1.54) is 12.1 Å². The summed E-state index contributed by atoms with van der Waals surface area (Å²) in [5.74, 6) is -0.122. The number of ether oxygens (including phenoxy) is 2. The minimum atomic E-state index is -1.08. The molecule has 1 atom stereocenters. The summed E-state index contributed by atoms with van der Waals surface area (Å²) < 4.78 is 23.4. The lowest BCUT2D eigenvalue weighted by atomic mass is 10.1. The van der Waals surface area contributed by atoms with Gasteiger partial charge in [0, 0.05) is 6.54 Å². The van der Waals surface area contributed by atoms with E-state index in [0.29, 0.717) is 22.6 Å². The molecule has 3 rings (SSSR count). The molecule has 1 unspecified atom stereocenters. The second-order valence-corrected chi connectivity index (χ2v) is 6.01. The molecule has 2 aromatic rings. The van der Waals surface area contributed by atoms with E-state index >= 15 is 0 Å². The maximum atomic E-state index is 12.9. The maximum Gasteiger partial charge on any atom is 0.245 e. The van der Waals surface area contributed by atoms with Crippen LogP contribution in [0.3, 0.4) is 0 Å². The molecule has 0 spiro atoms. The molecule has 1 aliphatic rings. The van der Waals surface area contributed by atoms with Crippen LogP contribution >= 0.6 is 0 Å². The summed E-state index contributed by atoms with van der Waals surface area (Å²) in [5.41, 5.74) is 1.40. The predicted octanol–water partition coefficient (Wildman–Crippen LogP) is 0.890. The molecule has 8 heteroatoms. The van der Waals surface area contributed by atoms with Crippen molar-refractivity contribution in [2.75, 3.05) is 13.4 Å². The highest BCUT2D eigenvalue weighted by molar-refractivity contribution is 5.88. The predicted molar refractivity (Wildman–Crippen MR) is 93.5 cm³/mol. The zero-order valence-electron chi connectivity index (χ0n) is 14.4. The van der Waals surface area contributed by atoms with Crippen LogP contribution in [0.15, 0.2) is 42.5 Å². The Hall–Kier alpha value is -3.13. The Morgan fingerprint density at radius 1 is 1.07 bits per heavy atom. The van der Waals surface area contributed by atoms with E-state index in [4.69, 9.17) is 9.47 Å². The first-order chi connectivity index (χ1) is 13.0. The average Bonchev–Trinajstić information content (AvgIpc) is 3.13. The van der Waals surface area contributed by atoms with Crippen LogP contribution in [-0.2, 0) is 22.6 Å². The molecule has 0 saturated heterocycles. The third kappa shape index (κ3) is 4.95. The molecule has 0 bridgehead atoms. The molecule has 0 fully saturated rings. The van der Waals surface area contributed by atoms with Gasteiger partial charge in [-0.15, -0.1) is 0 Å². The number of hydrogen-bond acceptors (Lipinski definition) is 5. The Morgan fingerprint density at radius 3 is 2.52 bits per heavy atom. The molecule has 0 aromatic heterocycles. The number of amides is 2. The van der Waals surface area contributed by atoms with Gasteiger partial charge in [0.2, 0.25) is 18.6 Å². The summed E-state index contributed by atoms with van der Waals surface area (Å²) in [7, 11) is 0. The van der Waals surface area contributed by atoms with E-state index in [0.717, 1.165) is 0 Å². The molecule has 27 heavy (non-hydrogen) atoms. The largest absolute Gasteiger partial charge is 0.454 e. The van der Waals surface area contributed by atoms with Crippen molar-refractivity contribution >= 4 is 11.8 Å². The number of rotatable bonds is 7. The zero-order chi connectivity index (χ0) is 19.2. The topological polar surface area (TPSA) is 96.9 Å². The molecule has 1 aliphatic heterocycles. The van der Waals surface area contributed by atoms with Gasteiger partial charge in [-0.05, 0) is 35.4 Å². The number of aliphatic hydroxyl groups excluding tert-OH is 1. The number of fused-ring (bicyclic) bond motifs is 1. The SMILES string of the molecule is O=C(Cc1ccc2c(c1)OCO2)NC(CO)C(=O)NCc1ccc(F)cc1. The van der Waals surface area contributed by atoms with Crippen LogP contribution in [-0.4, -0.2) is 36.4 Å². The number of aliphatic hydroxyl groups is 1. The first-order valence-corrected chi connectivity index (χ1v) is 8.36. The third-order valence-corrected chi connectivity index (χ3v) is 4.02. The van der Waals surface area contributed by atoms with Crippen molar-refractivity contribution in [2.45, 2.75) is 19.0 Å². The van der Waals surface area contributed by atoms with Gasteiger partial charge in [-0.1, -0.05) is 18.2 Å². The van der Waals surface area contributed by atoms with E-state index < -0.39 is 24.5 Å². The molecule has 142 valence electrons. The molecule has 7 nitrogen and oxygen atoms in total. The van der Waals surface area contributed by atoms with Gasteiger partial charge in [-0.25, -0.2) is 4.39 Å². The van der Waals surface area contributed by atoms with E-state index in [2.05, 4.69) is 10.6 Å². The van der Waals surface area contributed by atoms with Crippen LogP contribution in [0.25, 0.3) is 0 Å². The van der Waals surface area contributed by atoms with Gasteiger partial charge in [0.05, 0.1) is 13.0 Å². The summed E-state index contributed by atoms with van der Waals surface area (Å²) in [6.45, 7) is -0.235. The molecule has 2 amide bonds. The van der Waals surface area contributed by atoms with Crippen molar-refractivity contribution in [3.8, 4) is 11.5 Å². The molecule has 0 saturated carbocycles. The van der Waals surface area contributed by atoms with Crippen molar-refractivity contribution in [3.63, 3.8) is 0 Å². The van der Waals surface area contributed by atoms with E-state index in [9.17, 15) is 19.1 Å². The van der Waals surface area contributed by atoms with Gasteiger partial charge in [0.1, 0.15) is 11.9 Å². The molecular weight excluding hydrogens is 355 g/mol. The summed E-state index contributed by atoms with van der Waals surface area (Å²) in [6, 6.07) is 9.73. The van der Waals surface area contributed by atoms with Crippen LogP contribution in [0, 0.1) is 5.82 Å². The lowest BCUT2D eigenvalue weighted by Crippen LogP contribution is -2.49. The molecule has 1 heterocycles. The van der Waals surface area contributed by atoms with E-state index in [1.807, 2.05) is 0 Å². The summed E-state index contributed by atoms with van der Waals surface area (Å²) in [5, 5.41) is 14.5. The summed E-state index contributed by atoms with van der Waals surface area (Å²) in [4.78, 5) is 24.3. The molecule has 2 aromatic carbocycles. The number of halogens is 1. The Morgan fingerprint density at radius 2 is 1.78 bits per heavy atom. The minimum Gasteiger partial charge on any atom is -0.454 e. The first-order valence-electron chi connectivity index (χ1n) is 8.36. The van der Waals surface area contributed by atoms with E-state index in [1.54, 1.807) is 30.3 Å². The fourth-order valence-corrected chi connectivity index (χ4v) is 2.59. The highest BCUT2D eigenvalue weighted by Gasteiger charge is 2.20. The Bertz CT molecular complexity index is 825. The van der Waals surface area contributed by atoms with Gasteiger partial charge in [0.25, 0.3) is 0 Å². The van der Waals surface area contributed by atoms with Gasteiger partial charge in [-0.2, -0.15) is 0 Å². The molecular formula is C19H19FN2O5. The monoisotopic (exact) mass is 374 g/mol. The van der Waals surface area contributed by atoms with Gasteiger partial charge in [0.15, 0.2) is 11.5 Å². The van der Waals surface area contributed by atoms with Crippen LogP contribution in [0.5, 0.6) is 11.5 Å². The Labute approximate surface area is 155 Å². The standard InChI is InChI=1S/C19H19FN2O5/c20-14-4-1-12(2-5-14)9-21-19(25)15(10-23)22-18(24)8-13-3-6-16-17(7-13)27-11-26-16/h1-7,15,23H,8-11H2,(H,21,25)(H,22,24). The van der Waals surface area contributed by atoms with Crippen LogP contribution in [0.2, 0.25) is 0 Å². The summed E-state index contributed by atoms with van der Waals surface area (Å²) in [6.07, 6.45) is 0.0262. The number of hydrogen-bond donors (Lipinski definition) is 3. The van der Waals surface area contributed by atoms with Crippen LogP contribution in [0.1, 0.15) is 11.1 Å². The normalized spacial score (nSPS) is 13.1. The second-order valence-electron chi connectivity index (χ2n) is 6.01. The zero-order valence-corrected chi connectivity index (χ0v) is 14.4. The van der Waals surface area contributed by atoms with E-state index in [-0.39, 0.29) is 25.6 Å². The number of carbonyl (C=O) groups excluding carboxylic acids is 2. The Kier molecular flexibility index (Phi) is 5.87. The number of benzene rings is 2. The quantitative estimate of drug-likeness (QED) is 0.669. The average molecular weight is 374 g/mol. The van der Waals surface area contributed by atoms with Gasteiger partial charge < -0.3 is 25.2 Å². The molecule has 0 aliphatic carbocycles. The number of carbonyl (C=O) groups is 2. The fraction of sp³-hybridized carbons (Fsp3) is 0.263. The highest BCUT2D eigenvalue weighted by atomic mass is 19.1. The van der Waals surface area contributed by atoms with Crippen LogP contribution in [0.4, 0.5) is 4.39 Å². The maximum absolute atomic E-state index is 12.9. The third-order valence-electron chi connectivity index (χ3n) is 4.02.